The topological polar surface area (TPSA) is 108 Å². The molecular formula is C18H25ClN4O4. The van der Waals surface area contributed by atoms with Crippen LogP contribution in [0, 0.1) is 0 Å². The number of halogens is 1. The van der Waals surface area contributed by atoms with Crippen LogP contribution in [0.15, 0.2) is 23.0 Å². The second-order valence-corrected chi connectivity index (χ2v) is 6.51. The highest BCUT2D eigenvalue weighted by Crippen LogP contribution is 2.24. The van der Waals surface area contributed by atoms with Crippen LogP contribution in [-0.4, -0.2) is 40.7 Å². The second kappa shape index (κ2) is 9.16. The molecule has 27 heavy (non-hydrogen) atoms. The molecule has 2 aromatic rings. The Labute approximate surface area is 163 Å². The average molecular weight is 397 g/mol. The van der Waals surface area contributed by atoms with Gasteiger partial charge in [-0.1, -0.05) is 6.07 Å². The van der Waals surface area contributed by atoms with E-state index in [1.807, 2.05) is 18.2 Å². The van der Waals surface area contributed by atoms with E-state index in [9.17, 15) is 14.4 Å². The molecule has 3 rings (SSSR count). The fraction of sp³-hybridized carbons (Fsp3) is 0.500. The summed E-state index contributed by atoms with van der Waals surface area (Å²) >= 11 is 0. The van der Waals surface area contributed by atoms with E-state index in [2.05, 4.69) is 5.32 Å². The molecular weight excluding hydrogens is 372 g/mol. The number of ether oxygens (including phenoxy) is 1. The first kappa shape index (κ1) is 21.1. The Bertz CT molecular complexity index is 889. The molecule has 0 radical (unpaired) electrons. The van der Waals surface area contributed by atoms with Gasteiger partial charge < -0.3 is 10.5 Å². The Morgan fingerprint density at radius 1 is 1.22 bits per heavy atom. The van der Waals surface area contributed by atoms with E-state index in [4.69, 9.17) is 10.5 Å². The molecule has 1 aliphatic rings. The summed E-state index contributed by atoms with van der Waals surface area (Å²) < 4.78 is 8.42. The third-order valence-corrected chi connectivity index (χ3v) is 4.69. The van der Waals surface area contributed by atoms with Gasteiger partial charge in [0.15, 0.2) is 0 Å². The van der Waals surface area contributed by atoms with Crippen molar-refractivity contribution in [2.24, 2.45) is 12.8 Å². The molecule has 1 saturated heterocycles. The van der Waals surface area contributed by atoms with Crippen LogP contribution in [0.5, 0.6) is 0 Å². The van der Waals surface area contributed by atoms with E-state index in [-0.39, 0.29) is 30.4 Å². The predicted molar refractivity (Wildman–Crippen MR) is 104 cm³/mol. The van der Waals surface area contributed by atoms with Crippen molar-refractivity contribution in [2.45, 2.75) is 31.7 Å². The van der Waals surface area contributed by atoms with Crippen LogP contribution in [0.25, 0.3) is 11.0 Å². The Balaban J connectivity index is 0.00000261. The number of hydrogen-bond donors (Lipinski definition) is 2. The Kier molecular flexibility index (Phi) is 7.18. The van der Waals surface area contributed by atoms with Gasteiger partial charge in [0.1, 0.15) is 6.04 Å². The molecule has 1 atom stereocenters. The molecule has 148 valence electrons. The summed E-state index contributed by atoms with van der Waals surface area (Å²) in [7, 11) is 1.70. The second-order valence-electron chi connectivity index (χ2n) is 6.51. The maximum atomic E-state index is 12.7. The van der Waals surface area contributed by atoms with Crippen LogP contribution in [0.3, 0.4) is 0 Å². The molecule has 1 fully saturated rings. The van der Waals surface area contributed by atoms with Gasteiger partial charge in [0, 0.05) is 26.6 Å². The van der Waals surface area contributed by atoms with E-state index in [1.165, 1.54) is 4.57 Å². The Morgan fingerprint density at radius 2 is 2.00 bits per heavy atom. The van der Waals surface area contributed by atoms with Crippen molar-refractivity contribution in [1.29, 1.82) is 0 Å². The summed E-state index contributed by atoms with van der Waals surface area (Å²) in [5, 5.41) is 2.32. The maximum Gasteiger partial charge on any atom is 0.329 e. The zero-order valence-corrected chi connectivity index (χ0v) is 16.1. The molecule has 0 saturated carbocycles. The van der Waals surface area contributed by atoms with Crippen LogP contribution in [0.4, 0.5) is 0 Å². The molecule has 2 amide bonds. The van der Waals surface area contributed by atoms with Gasteiger partial charge in [-0.15, -0.1) is 12.4 Å². The predicted octanol–water partition coefficient (Wildman–Crippen LogP) is 0.647. The number of benzene rings is 1. The zero-order chi connectivity index (χ0) is 18.7. The number of aryl methyl sites for hydroxylation is 2. The number of aromatic nitrogens is 2. The zero-order valence-electron chi connectivity index (χ0n) is 15.3. The number of nitrogens with zero attached hydrogens (tertiary/aromatic N) is 2. The molecule has 0 bridgehead atoms. The number of imidazole rings is 1. The van der Waals surface area contributed by atoms with Crippen LogP contribution in [-0.2, 0) is 27.8 Å². The first-order chi connectivity index (χ1) is 12.5. The number of rotatable bonds is 7. The van der Waals surface area contributed by atoms with Crippen molar-refractivity contribution in [2.75, 3.05) is 19.8 Å². The minimum Gasteiger partial charge on any atom is -0.380 e. The SMILES string of the molecule is Cl.Cn1c(=O)n(C2CCC(=O)NC2=O)c2ccc(CCCOCCN)cc21. The number of nitrogens with one attached hydrogen (secondary N) is 1. The first-order valence-corrected chi connectivity index (χ1v) is 8.84. The number of piperidine rings is 1. The van der Waals surface area contributed by atoms with E-state index in [0.717, 1.165) is 23.9 Å². The highest BCUT2D eigenvalue weighted by Gasteiger charge is 2.31. The first-order valence-electron chi connectivity index (χ1n) is 8.84. The highest BCUT2D eigenvalue weighted by atomic mass is 35.5. The third kappa shape index (κ3) is 4.40. The van der Waals surface area contributed by atoms with Crippen molar-refractivity contribution in [1.82, 2.24) is 14.5 Å². The van der Waals surface area contributed by atoms with Gasteiger partial charge in [-0.2, -0.15) is 0 Å². The molecule has 1 aromatic heterocycles. The van der Waals surface area contributed by atoms with E-state index < -0.39 is 11.9 Å². The third-order valence-electron chi connectivity index (χ3n) is 4.69. The number of nitrogens with two attached hydrogens (primary N) is 1. The van der Waals surface area contributed by atoms with Crippen molar-refractivity contribution >= 4 is 35.3 Å². The van der Waals surface area contributed by atoms with Gasteiger partial charge >= 0.3 is 5.69 Å². The van der Waals surface area contributed by atoms with Crippen molar-refractivity contribution < 1.29 is 14.3 Å². The average Bonchev–Trinajstić information content (AvgIpc) is 2.86. The minimum atomic E-state index is -0.653. The van der Waals surface area contributed by atoms with E-state index in [0.29, 0.717) is 31.7 Å². The van der Waals surface area contributed by atoms with Gasteiger partial charge in [-0.25, -0.2) is 4.79 Å². The number of carbonyl (C=O) groups excluding carboxylic acids is 2. The summed E-state index contributed by atoms with van der Waals surface area (Å²) in [5.41, 5.74) is 7.72. The van der Waals surface area contributed by atoms with Gasteiger partial charge in [-0.05, 0) is 37.0 Å². The van der Waals surface area contributed by atoms with E-state index >= 15 is 0 Å². The molecule has 1 unspecified atom stereocenters. The standard InChI is InChI=1S/C18H24N4O4.ClH/c1-21-15-11-12(3-2-9-26-10-8-19)4-5-13(15)22(18(21)25)14-6-7-16(23)20-17(14)24;/h4-5,11,14H,2-3,6-10,19H2,1H3,(H,20,23,24);1H. The monoisotopic (exact) mass is 396 g/mol. The lowest BCUT2D eigenvalue weighted by molar-refractivity contribution is -0.135. The Hall–Kier alpha value is -2.16. The summed E-state index contributed by atoms with van der Waals surface area (Å²) in [5.74, 6) is -0.712. The lowest BCUT2D eigenvalue weighted by Crippen LogP contribution is -2.44. The van der Waals surface area contributed by atoms with Gasteiger partial charge in [0.2, 0.25) is 11.8 Å². The van der Waals surface area contributed by atoms with E-state index in [1.54, 1.807) is 11.6 Å². The normalized spacial score (nSPS) is 17.0. The van der Waals surface area contributed by atoms with Crippen molar-refractivity contribution in [3.63, 3.8) is 0 Å². The fourth-order valence-corrected chi connectivity index (χ4v) is 3.36. The van der Waals surface area contributed by atoms with Crippen LogP contribution >= 0.6 is 12.4 Å². The number of fused-ring (bicyclic) bond motifs is 1. The fourth-order valence-electron chi connectivity index (χ4n) is 3.36. The smallest absolute Gasteiger partial charge is 0.329 e. The maximum absolute atomic E-state index is 12.7. The molecule has 9 heteroatoms. The summed E-state index contributed by atoms with van der Waals surface area (Å²) in [4.78, 5) is 36.2. The van der Waals surface area contributed by atoms with Gasteiger partial charge in [0.25, 0.3) is 0 Å². The lowest BCUT2D eigenvalue weighted by atomic mass is 10.1. The van der Waals surface area contributed by atoms with Crippen molar-refractivity contribution in [3.05, 3.63) is 34.2 Å². The number of amides is 2. The lowest BCUT2D eigenvalue weighted by Gasteiger charge is -2.21. The molecule has 0 aliphatic carbocycles. The molecule has 0 spiro atoms. The van der Waals surface area contributed by atoms with Gasteiger partial charge in [0.05, 0.1) is 17.6 Å². The Morgan fingerprint density at radius 3 is 2.70 bits per heavy atom. The quantitative estimate of drug-likeness (QED) is 0.527. The highest BCUT2D eigenvalue weighted by molar-refractivity contribution is 6.00. The summed E-state index contributed by atoms with van der Waals surface area (Å²) in [6.45, 7) is 1.72. The molecule has 1 aliphatic heterocycles. The van der Waals surface area contributed by atoms with Gasteiger partial charge in [-0.3, -0.25) is 24.0 Å². The number of imide groups is 1. The van der Waals surface area contributed by atoms with Crippen molar-refractivity contribution in [3.8, 4) is 0 Å². The molecule has 2 heterocycles. The van der Waals surface area contributed by atoms with Crippen LogP contribution < -0.4 is 16.7 Å². The summed E-state index contributed by atoms with van der Waals surface area (Å²) in [6, 6.07) is 5.16. The van der Waals surface area contributed by atoms with Crippen LogP contribution in [0.1, 0.15) is 30.9 Å². The number of hydrogen-bond acceptors (Lipinski definition) is 5. The molecule has 3 N–H and O–H groups in total. The molecule has 1 aromatic carbocycles. The van der Waals surface area contributed by atoms with Crippen LogP contribution in [0.2, 0.25) is 0 Å². The molecule has 8 nitrogen and oxygen atoms in total. The minimum absolute atomic E-state index is 0. The largest absolute Gasteiger partial charge is 0.380 e. The summed E-state index contributed by atoms with van der Waals surface area (Å²) in [6.07, 6.45) is 2.27. The number of carbonyl (C=O) groups is 2.